The van der Waals surface area contributed by atoms with Crippen LogP contribution in [0.3, 0.4) is 0 Å². The predicted molar refractivity (Wildman–Crippen MR) is 121 cm³/mol. The van der Waals surface area contributed by atoms with Crippen molar-refractivity contribution in [2.75, 3.05) is 13.1 Å². The van der Waals surface area contributed by atoms with Crippen molar-refractivity contribution in [1.29, 1.82) is 0 Å². The van der Waals surface area contributed by atoms with Gasteiger partial charge >= 0.3 is 6.09 Å². The van der Waals surface area contributed by atoms with Crippen LogP contribution in [0.25, 0.3) is 0 Å². The van der Waals surface area contributed by atoms with Crippen LogP contribution in [0.2, 0.25) is 0 Å². The quantitative estimate of drug-likeness (QED) is 0.527. The van der Waals surface area contributed by atoms with Gasteiger partial charge in [-0.15, -0.1) is 0 Å². The van der Waals surface area contributed by atoms with Crippen molar-refractivity contribution in [3.63, 3.8) is 0 Å². The second-order valence-corrected chi connectivity index (χ2v) is 8.25. The van der Waals surface area contributed by atoms with E-state index in [0.29, 0.717) is 32.4 Å². The number of likely N-dealkylation sites (tertiary alicyclic amines) is 1. The molecule has 3 rings (SSSR count). The van der Waals surface area contributed by atoms with Gasteiger partial charge in [-0.2, -0.15) is 0 Å². The minimum absolute atomic E-state index is 0.0899. The predicted octanol–water partition coefficient (Wildman–Crippen LogP) is 3.17. The van der Waals surface area contributed by atoms with Crippen molar-refractivity contribution >= 4 is 17.9 Å². The molecule has 0 bridgehead atoms. The molecule has 1 unspecified atom stereocenters. The molecule has 1 aliphatic heterocycles. The van der Waals surface area contributed by atoms with E-state index in [1.165, 1.54) is 0 Å². The lowest BCUT2D eigenvalue weighted by Gasteiger charge is -2.29. The smallest absolute Gasteiger partial charge is 0.408 e. The van der Waals surface area contributed by atoms with Gasteiger partial charge in [0.25, 0.3) is 0 Å². The zero-order valence-electron chi connectivity index (χ0n) is 18.3. The molecule has 0 spiro atoms. The van der Waals surface area contributed by atoms with Crippen molar-refractivity contribution in [2.24, 2.45) is 5.73 Å². The number of ether oxygens (including phenoxy) is 1. The Morgan fingerprint density at radius 1 is 0.969 bits per heavy atom. The number of benzene rings is 2. The first-order valence-corrected chi connectivity index (χ1v) is 11.1. The molecule has 3 N–H and O–H groups in total. The van der Waals surface area contributed by atoms with Crippen molar-refractivity contribution in [3.8, 4) is 0 Å². The summed E-state index contributed by atoms with van der Waals surface area (Å²) in [5.41, 5.74) is 6.02. The molecule has 7 heteroatoms. The maximum absolute atomic E-state index is 13.4. The Hall–Kier alpha value is -3.35. The van der Waals surface area contributed by atoms with Crippen LogP contribution in [0, 0.1) is 0 Å². The second kappa shape index (κ2) is 11.3. The average Bonchev–Trinajstić information content (AvgIpc) is 3.08. The summed E-state index contributed by atoms with van der Waals surface area (Å²) in [4.78, 5) is 38.7. The summed E-state index contributed by atoms with van der Waals surface area (Å²) < 4.78 is 5.41. The molecule has 1 fully saturated rings. The minimum atomic E-state index is -1.03. The molecule has 32 heavy (non-hydrogen) atoms. The van der Waals surface area contributed by atoms with Crippen molar-refractivity contribution in [1.82, 2.24) is 10.2 Å². The molecule has 1 heterocycles. The fourth-order valence-corrected chi connectivity index (χ4v) is 4.05. The van der Waals surface area contributed by atoms with E-state index in [4.69, 9.17) is 10.5 Å². The third-order valence-corrected chi connectivity index (χ3v) is 5.76. The molecule has 1 saturated heterocycles. The number of carbonyl (C=O) groups excluding carboxylic acids is 3. The largest absolute Gasteiger partial charge is 0.445 e. The molecule has 1 atom stereocenters. The Morgan fingerprint density at radius 2 is 1.62 bits per heavy atom. The number of hydrogen-bond acceptors (Lipinski definition) is 4. The van der Waals surface area contributed by atoms with Crippen molar-refractivity contribution in [3.05, 3.63) is 71.8 Å². The lowest BCUT2D eigenvalue weighted by atomic mass is 9.89. The van der Waals surface area contributed by atoms with E-state index in [0.717, 1.165) is 30.4 Å². The molecule has 170 valence electrons. The molecular weight excluding hydrogens is 406 g/mol. The number of primary amides is 1. The molecule has 0 radical (unpaired) electrons. The first kappa shape index (κ1) is 23.3. The summed E-state index contributed by atoms with van der Waals surface area (Å²) in [5.74, 6) is -0.393. The van der Waals surface area contributed by atoms with Gasteiger partial charge in [0.2, 0.25) is 11.8 Å². The lowest BCUT2D eigenvalue weighted by Crippen LogP contribution is -2.55. The number of nitrogens with two attached hydrogens (primary N) is 1. The first-order chi connectivity index (χ1) is 15.5. The van der Waals surface area contributed by atoms with Crippen LogP contribution in [0.15, 0.2) is 60.7 Å². The zero-order chi connectivity index (χ0) is 22.8. The van der Waals surface area contributed by atoms with Crippen LogP contribution in [-0.4, -0.2) is 41.4 Å². The third kappa shape index (κ3) is 6.57. The van der Waals surface area contributed by atoms with E-state index in [1.807, 2.05) is 60.7 Å². The second-order valence-electron chi connectivity index (χ2n) is 8.25. The first-order valence-electron chi connectivity index (χ1n) is 11.1. The molecule has 3 amide bonds. The molecule has 7 nitrogen and oxygen atoms in total. The van der Waals surface area contributed by atoms with Gasteiger partial charge in [-0.3, -0.25) is 9.59 Å². The number of nitrogens with zero attached hydrogens (tertiary/aromatic N) is 1. The molecular formula is C25H31N3O4. The Bertz CT molecular complexity index is 904. The summed E-state index contributed by atoms with van der Waals surface area (Å²) in [6, 6.07) is 19.1. The van der Waals surface area contributed by atoms with Crippen molar-refractivity contribution < 1.29 is 19.1 Å². The summed E-state index contributed by atoms with van der Waals surface area (Å²) in [5, 5.41) is 2.89. The molecule has 2 aromatic carbocycles. The number of hydrogen-bond donors (Lipinski definition) is 2. The van der Waals surface area contributed by atoms with E-state index in [1.54, 1.807) is 4.90 Å². The van der Waals surface area contributed by atoms with Gasteiger partial charge < -0.3 is 20.7 Å². The van der Waals surface area contributed by atoms with E-state index < -0.39 is 11.6 Å². The maximum atomic E-state index is 13.4. The van der Waals surface area contributed by atoms with Crippen LogP contribution in [0.5, 0.6) is 0 Å². The van der Waals surface area contributed by atoms with E-state index in [9.17, 15) is 14.4 Å². The molecule has 2 aromatic rings. The summed E-state index contributed by atoms with van der Waals surface area (Å²) in [6.45, 7) is 1.31. The highest BCUT2D eigenvalue weighted by molar-refractivity contribution is 5.92. The van der Waals surface area contributed by atoms with Gasteiger partial charge in [-0.1, -0.05) is 67.1 Å². The Balaban J connectivity index is 1.63. The highest BCUT2D eigenvalue weighted by atomic mass is 16.5. The normalized spacial score (nSPS) is 17.9. The standard InChI is InChI=1S/C25H31N3O4/c26-22(29)14-8-3-9-16-28-17-15-25(23(28)30,18-20-10-4-1-5-11-20)27-24(31)32-19-21-12-6-2-7-13-21/h1-2,4-7,10-13H,3,8-9,14-19H2,(H2,26,29)(H,27,31). The number of alkyl carbamates (subject to hydrolysis) is 1. The molecule has 0 aromatic heterocycles. The third-order valence-electron chi connectivity index (χ3n) is 5.76. The van der Waals surface area contributed by atoms with Crippen LogP contribution in [-0.2, 0) is 27.4 Å². The minimum Gasteiger partial charge on any atom is -0.445 e. The van der Waals surface area contributed by atoms with Gasteiger partial charge in [0.15, 0.2) is 0 Å². The fraction of sp³-hybridized carbons (Fsp3) is 0.400. The van der Waals surface area contributed by atoms with Gasteiger partial charge in [-0.25, -0.2) is 4.79 Å². The van der Waals surface area contributed by atoms with Gasteiger partial charge in [0.05, 0.1) is 0 Å². The van der Waals surface area contributed by atoms with Gasteiger partial charge in [0, 0.05) is 25.9 Å². The summed E-state index contributed by atoms with van der Waals surface area (Å²) in [7, 11) is 0. The van der Waals surface area contributed by atoms with Crippen LogP contribution < -0.4 is 11.1 Å². The number of nitrogens with one attached hydrogen (secondary N) is 1. The topological polar surface area (TPSA) is 102 Å². The fourth-order valence-electron chi connectivity index (χ4n) is 4.05. The average molecular weight is 438 g/mol. The number of unbranched alkanes of at least 4 members (excludes halogenated alkanes) is 2. The monoisotopic (exact) mass is 437 g/mol. The van der Waals surface area contributed by atoms with Crippen molar-refractivity contribution in [2.45, 2.75) is 50.7 Å². The van der Waals surface area contributed by atoms with E-state index in [2.05, 4.69) is 5.32 Å². The van der Waals surface area contributed by atoms with E-state index >= 15 is 0 Å². The van der Waals surface area contributed by atoms with E-state index in [-0.39, 0.29) is 18.4 Å². The molecule has 0 aliphatic carbocycles. The summed E-state index contributed by atoms with van der Waals surface area (Å²) in [6.07, 6.45) is 3.02. The zero-order valence-corrected chi connectivity index (χ0v) is 18.3. The van der Waals surface area contributed by atoms with Gasteiger partial charge in [-0.05, 0) is 30.4 Å². The molecule has 1 aliphatic rings. The van der Waals surface area contributed by atoms with Crippen LogP contribution in [0.4, 0.5) is 4.79 Å². The Labute approximate surface area is 188 Å². The van der Waals surface area contributed by atoms with Crippen LogP contribution in [0.1, 0.15) is 43.2 Å². The number of amides is 3. The Morgan fingerprint density at radius 3 is 2.28 bits per heavy atom. The summed E-state index contributed by atoms with van der Waals surface area (Å²) >= 11 is 0. The highest BCUT2D eigenvalue weighted by Crippen LogP contribution is 2.28. The lowest BCUT2D eigenvalue weighted by molar-refractivity contribution is -0.133. The Kier molecular flexibility index (Phi) is 8.25. The number of rotatable bonds is 11. The maximum Gasteiger partial charge on any atom is 0.408 e. The van der Waals surface area contributed by atoms with Gasteiger partial charge in [0.1, 0.15) is 12.1 Å². The highest BCUT2D eigenvalue weighted by Gasteiger charge is 2.47. The molecule has 0 saturated carbocycles. The SMILES string of the molecule is NC(=O)CCCCCN1CCC(Cc2ccccc2)(NC(=O)OCc2ccccc2)C1=O. The van der Waals surface area contributed by atoms with Crippen LogP contribution >= 0.6 is 0 Å². The number of carbonyl (C=O) groups is 3.